The lowest BCUT2D eigenvalue weighted by Crippen LogP contribution is -2.42. The summed E-state index contributed by atoms with van der Waals surface area (Å²) in [4.78, 5) is 32.8. The number of amides is 2. The number of oxazole rings is 1. The minimum Gasteiger partial charge on any atom is -0.454 e. The van der Waals surface area contributed by atoms with Crippen LogP contribution in [-0.2, 0) is 16.0 Å². The molecule has 1 fully saturated rings. The van der Waals surface area contributed by atoms with Gasteiger partial charge in [0.05, 0.1) is 17.0 Å². The number of anilines is 1. The standard InChI is InChI=1S/C23H23N3O5S/c1-14-17(25-23(31-14)20-3-2-10-32-20)12-21(27)26-8-6-15(7-9-26)22(28)24-16-4-5-18-19(11-16)30-13-29-18/h2-5,10-11,15H,6-9,12-13H2,1H3,(H,24,28). The van der Waals surface area contributed by atoms with Crippen molar-refractivity contribution in [1.29, 1.82) is 0 Å². The number of carbonyl (C=O) groups is 2. The van der Waals surface area contributed by atoms with E-state index in [0.29, 0.717) is 60.5 Å². The van der Waals surface area contributed by atoms with Crippen LogP contribution in [-0.4, -0.2) is 41.6 Å². The van der Waals surface area contributed by atoms with Crippen molar-refractivity contribution in [2.45, 2.75) is 26.2 Å². The number of piperidine rings is 1. The van der Waals surface area contributed by atoms with Gasteiger partial charge in [0, 0.05) is 30.8 Å². The van der Waals surface area contributed by atoms with Crippen molar-refractivity contribution in [1.82, 2.24) is 9.88 Å². The van der Waals surface area contributed by atoms with E-state index in [4.69, 9.17) is 13.9 Å². The molecule has 9 heteroatoms. The highest BCUT2D eigenvalue weighted by atomic mass is 32.1. The maximum absolute atomic E-state index is 12.8. The number of ether oxygens (including phenoxy) is 2. The molecule has 0 spiro atoms. The smallest absolute Gasteiger partial charge is 0.236 e. The maximum atomic E-state index is 12.8. The Morgan fingerprint density at radius 3 is 2.78 bits per heavy atom. The second-order valence-corrected chi connectivity index (χ2v) is 8.84. The van der Waals surface area contributed by atoms with Gasteiger partial charge in [-0.15, -0.1) is 11.3 Å². The number of carbonyl (C=O) groups excluding carboxylic acids is 2. The largest absolute Gasteiger partial charge is 0.454 e. The number of thiophene rings is 1. The van der Waals surface area contributed by atoms with Crippen molar-refractivity contribution in [2.24, 2.45) is 5.92 Å². The van der Waals surface area contributed by atoms with Gasteiger partial charge in [0.15, 0.2) is 11.5 Å². The molecule has 3 aromatic rings. The summed E-state index contributed by atoms with van der Waals surface area (Å²) in [5, 5.41) is 4.91. The lowest BCUT2D eigenvalue weighted by atomic mass is 9.95. The quantitative estimate of drug-likeness (QED) is 0.631. The number of nitrogens with zero attached hydrogens (tertiary/aromatic N) is 2. The van der Waals surface area contributed by atoms with Crippen molar-refractivity contribution in [3.63, 3.8) is 0 Å². The van der Waals surface area contributed by atoms with Gasteiger partial charge in [0.25, 0.3) is 0 Å². The fraction of sp³-hybridized carbons (Fsp3) is 0.348. The van der Waals surface area contributed by atoms with Gasteiger partial charge >= 0.3 is 0 Å². The zero-order valence-electron chi connectivity index (χ0n) is 17.6. The van der Waals surface area contributed by atoms with Gasteiger partial charge in [0.1, 0.15) is 5.76 Å². The molecule has 0 saturated carbocycles. The topological polar surface area (TPSA) is 93.9 Å². The van der Waals surface area contributed by atoms with Crippen LogP contribution in [0, 0.1) is 12.8 Å². The average molecular weight is 454 g/mol. The molecule has 1 aromatic carbocycles. The van der Waals surface area contributed by atoms with Crippen LogP contribution in [0.4, 0.5) is 5.69 Å². The second kappa shape index (κ2) is 8.66. The molecule has 0 aliphatic carbocycles. The second-order valence-electron chi connectivity index (χ2n) is 7.89. The monoisotopic (exact) mass is 453 g/mol. The molecular weight excluding hydrogens is 430 g/mol. The van der Waals surface area contributed by atoms with E-state index in [0.717, 1.165) is 4.88 Å². The van der Waals surface area contributed by atoms with Crippen molar-refractivity contribution in [3.05, 3.63) is 47.2 Å². The van der Waals surface area contributed by atoms with E-state index in [2.05, 4.69) is 10.3 Å². The number of fused-ring (bicyclic) bond motifs is 1. The minimum absolute atomic E-state index is 0.00811. The van der Waals surface area contributed by atoms with Gasteiger partial charge in [-0.3, -0.25) is 9.59 Å². The van der Waals surface area contributed by atoms with Crippen molar-refractivity contribution < 1.29 is 23.5 Å². The lowest BCUT2D eigenvalue weighted by Gasteiger charge is -2.31. The van der Waals surface area contributed by atoms with Gasteiger partial charge in [-0.25, -0.2) is 4.98 Å². The molecule has 0 unspecified atom stereocenters. The Bertz CT molecular complexity index is 1130. The highest BCUT2D eigenvalue weighted by molar-refractivity contribution is 7.13. The number of nitrogens with one attached hydrogen (secondary N) is 1. The first-order valence-corrected chi connectivity index (χ1v) is 11.4. The van der Waals surface area contributed by atoms with Crippen LogP contribution in [0.1, 0.15) is 24.3 Å². The van der Waals surface area contributed by atoms with E-state index in [1.165, 1.54) is 0 Å². The number of aromatic nitrogens is 1. The van der Waals surface area contributed by atoms with Crippen LogP contribution in [0.15, 0.2) is 40.1 Å². The van der Waals surface area contributed by atoms with E-state index < -0.39 is 0 Å². The minimum atomic E-state index is -0.135. The first kappa shape index (κ1) is 20.6. The number of rotatable bonds is 5. The molecule has 32 heavy (non-hydrogen) atoms. The predicted molar refractivity (Wildman–Crippen MR) is 119 cm³/mol. The molecule has 1 saturated heterocycles. The third-order valence-electron chi connectivity index (χ3n) is 5.80. The molecule has 1 N–H and O–H groups in total. The third-order valence-corrected chi connectivity index (χ3v) is 6.66. The van der Waals surface area contributed by atoms with Crippen LogP contribution in [0.3, 0.4) is 0 Å². The summed E-state index contributed by atoms with van der Waals surface area (Å²) in [6.07, 6.45) is 1.45. The van der Waals surface area contributed by atoms with Crippen LogP contribution in [0.2, 0.25) is 0 Å². The zero-order valence-corrected chi connectivity index (χ0v) is 18.4. The van der Waals surface area contributed by atoms with Gasteiger partial charge in [-0.1, -0.05) is 6.07 Å². The van der Waals surface area contributed by atoms with Crippen LogP contribution >= 0.6 is 11.3 Å². The summed E-state index contributed by atoms with van der Waals surface area (Å²) in [7, 11) is 0. The Balaban J connectivity index is 1.14. The fourth-order valence-electron chi connectivity index (χ4n) is 3.96. The van der Waals surface area contributed by atoms with Crippen LogP contribution in [0.5, 0.6) is 11.5 Å². The summed E-state index contributed by atoms with van der Waals surface area (Å²) in [5.74, 6) is 2.37. The van der Waals surface area contributed by atoms with Crippen molar-refractivity contribution >= 4 is 28.8 Å². The molecule has 5 rings (SSSR count). The van der Waals surface area contributed by atoms with Gasteiger partial charge < -0.3 is 24.1 Å². The van der Waals surface area contributed by atoms with E-state index >= 15 is 0 Å². The molecule has 2 amide bonds. The van der Waals surface area contributed by atoms with Crippen LogP contribution < -0.4 is 14.8 Å². The molecule has 2 aliphatic heterocycles. The number of hydrogen-bond acceptors (Lipinski definition) is 7. The Morgan fingerprint density at radius 2 is 2.00 bits per heavy atom. The number of benzene rings is 1. The Labute approximate surface area is 189 Å². The van der Waals surface area contributed by atoms with Gasteiger partial charge in [-0.2, -0.15) is 0 Å². The van der Waals surface area contributed by atoms with Gasteiger partial charge in [0.2, 0.25) is 24.5 Å². The average Bonchev–Trinajstić information content (AvgIpc) is 3.55. The molecule has 8 nitrogen and oxygen atoms in total. The molecule has 2 aromatic heterocycles. The molecule has 2 aliphatic rings. The Kier molecular flexibility index (Phi) is 5.57. The lowest BCUT2D eigenvalue weighted by molar-refractivity contribution is -0.133. The van der Waals surface area contributed by atoms with E-state index in [1.807, 2.05) is 29.3 Å². The SMILES string of the molecule is Cc1oc(-c2cccs2)nc1CC(=O)N1CCC(C(=O)Nc2ccc3c(c2)OCO3)CC1. The van der Waals surface area contributed by atoms with E-state index in [1.54, 1.807) is 29.5 Å². The third kappa shape index (κ3) is 4.20. The normalized spacial score (nSPS) is 15.7. The summed E-state index contributed by atoms with van der Waals surface area (Å²) in [5.41, 5.74) is 1.35. The Hall–Kier alpha value is -3.33. The summed E-state index contributed by atoms with van der Waals surface area (Å²) in [6, 6.07) is 9.24. The molecular formula is C23H23N3O5S. The highest BCUT2D eigenvalue weighted by Gasteiger charge is 2.28. The zero-order chi connectivity index (χ0) is 22.1. The molecule has 0 radical (unpaired) electrons. The van der Waals surface area contributed by atoms with Gasteiger partial charge in [-0.05, 0) is 43.3 Å². The summed E-state index contributed by atoms with van der Waals surface area (Å²) < 4.78 is 16.4. The summed E-state index contributed by atoms with van der Waals surface area (Å²) >= 11 is 1.55. The number of hydrogen-bond donors (Lipinski definition) is 1. The van der Waals surface area contributed by atoms with Crippen molar-refractivity contribution in [2.75, 3.05) is 25.2 Å². The van der Waals surface area contributed by atoms with Crippen molar-refractivity contribution in [3.8, 4) is 22.3 Å². The fourth-order valence-corrected chi connectivity index (χ4v) is 4.61. The number of aryl methyl sites for hydroxylation is 1. The van der Waals surface area contributed by atoms with E-state index in [-0.39, 0.29) is 30.9 Å². The molecule has 0 bridgehead atoms. The number of likely N-dealkylation sites (tertiary alicyclic amines) is 1. The molecule has 0 atom stereocenters. The first-order chi connectivity index (χ1) is 15.6. The predicted octanol–water partition coefficient (Wildman–Crippen LogP) is 3.86. The highest BCUT2D eigenvalue weighted by Crippen LogP contribution is 2.34. The Morgan fingerprint density at radius 1 is 1.19 bits per heavy atom. The summed E-state index contributed by atoms with van der Waals surface area (Å²) in [6.45, 7) is 3.13. The van der Waals surface area contributed by atoms with Crippen LogP contribution in [0.25, 0.3) is 10.8 Å². The maximum Gasteiger partial charge on any atom is 0.236 e. The molecule has 4 heterocycles. The van der Waals surface area contributed by atoms with E-state index in [9.17, 15) is 9.59 Å². The molecule has 166 valence electrons. The first-order valence-electron chi connectivity index (χ1n) is 10.6.